The van der Waals surface area contributed by atoms with Gasteiger partial charge in [-0.15, -0.1) is 0 Å². The number of anilines is 1. The van der Waals surface area contributed by atoms with Gasteiger partial charge in [-0.05, 0) is 0 Å². The van der Waals surface area contributed by atoms with Crippen molar-refractivity contribution in [3.05, 3.63) is 18.2 Å². The molecule has 0 bridgehead atoms. The molecule has 0 aliphatic heterocycles. The van der Waals surface area contributed by atoms with Gasteiger partial charge in [0.2, 0.25) is 0 Å². The van der Waals surface area contributed by atoms with E-state index >= 15 is 0 Å². The van der Waals surface area contributed by atoms with Crippen LogP contribution < -0.4 is 5.73 Å². The minimum absolute atomic E-state index is 0.139. The van der Waals surface area contributed by atoms with Gasteiger partial charge in [0.15, 0.2) is 5.78 Å². The van der Waals surface area contributed by atoms with Gasteiger partial charge in [0.05, 0.1) is 11.9 Å². The Morgan fingerprint density at radius 1 is 1.70 bits per heavy atom. The number of carbonyl (C=O) groups excluding carboxylic acids is 1. The highest BCUT2D eigenvalue weighted by Crippen LogP contribution is 2.04. The quantitative estimate of drug-likeness (QED) is 0.564. The van der Waals surface area contributed by atoms with Crippen molar-refractivity contribution < 1.29 is 4.79 Å². The van der Waals surface area contributed by atoms with Crippen molar-refractivity contribution in [2.75, 3.05) is 5.73 Å². The Hall–Kier alpha value is -1.45. The predicted octanol–water partition coefficient (Wildman–Crippen LogP) is 0.261. The van der Waals surface area contributed by atoms with Gasteiger partial charge >= 0.3 is 0 Å². The van der Waals surface area contributed by atoms with E-state index in [1.165, 1.54) is 19.4 Å². The van der Waals surface area contributed by atoms with Crippen LogP contribution in [0.2, 0.25) is 0 Å². The molecule has 0 aliphatic carbocycles. The van der Waals surface area contributed by atoms with Crippen LogP contribution in [0.25, 0.3) is 0 Å². The average molecular weight is 137 g/mol. The third-order valence-corrected chi connectivity index (χ3v) is 1.07. The van der Waals surface area contributed by atoms with Gasteiger partial charge in [0, 0.05) is 6.92 Å². The number of aromatic nitrogens is 2. The number of hydrogen-bond acceptors (Lipinski definition) is 4. The minimum atomic E-state index is -0.139. The van der Waals surface area contributed by atoms with Crippen LogP contribution in [0.15, 0.2) is 12.5 Å². The normalized spacial score (nSPS) is 9.30. The van der Waals surface area contributed by atoms with Crippen LogP contribution in [0.4, 0.5) is 5.69 Å². The second-order valence-electron chi connectivity index (χ2n) is 1.88. The summed E-state index contributed by atoms with van der Waals surface area (Å²) in [6, 6.07) is 0. The summed E-state index contributed by atoms with van der Waals surface area (Å²) in [5.74, 6) is -0.139. The van der Waals surface area contributed by atoms with Gasteiger partial charge in [0.25, 0.3) is 0 Å². The summed E-state index contributed by atoms with van der Waals surface area (Å²) >= 11 is 0. The predicted molar refractivity (Wildman–Crippen MR) is 36.4 cm³/mol. The van der Waals surface area contributed by atoms with Crippen LogP contribution in [0.5, 0.6) is 0 Å². The maximum atomic E-state index is 10.7. The molecule has 0 saturated heterocycles. The van der Waals surface area contributed by atoms with Crippen LogP contribution in [0, 0.1) is 0 Å². The molecule has 0 aromatic carbocycles. The van der Waals surface area contributed by atoms with E-state index in [1.807, 2.05) is 0 Å². The standard InChI is InChI=1S/C6H7N3O/c1-4(10)6-5(7)2-8-3-9-6/h2-3H,7H2,1H3. The number of nitrogen functional groups attached to an aromatic ring is 1. The Labute approximate surface area is 58.1 Å². The Kier molecular flexibility index (Phi) is 1.62. The molecular weight excluding hydrogens is 130 g/mol. The number of hydrogen-bond donors (Lipinski definition) is 1. The highest BCUT2D eigenvalue weighted by Gasteiger charge is 2.03. The molecule has 1 heterocycles. The largest absolute Gasteiger partial charge is 0.396 e. The fourth-order valence-electron chi connectivity index (χ4n) is 0.635. The van der Waals surface area contributed by atoms with Gasteiger partial charge in [0.1, 0.15) is 12.0 Å². The second-order valence-corrected chi connectivity index (χ2v) is 1.88. The molecule has 1 rings (SSSR count). The van der Waals surface area contributed by atoms with Crippen molar-refractivity contribution in [3.8, 4) is 0 Å². The number of Topliss-reactive ketones (excluding diaryl/α,β-unsaturated/α-hetero) is 1. The monoisotopic (exact) mass is 137 g/mol. The van der Waals surface area contributed by atoms with Crippen LogP contribution in [-0.2, 0) is 0 Å². The number of rotatable bonds is 1. The van der Waals surface area contributed by atoms with E-state index in [2.05, 4.69) is 9.97 Å². The lowest BCUT2D eigenvalue weighted by molar-refractivity contribution is 0.101. The Bertz CT molecular complexity index is 259. The number of nitrogens with zero attached hydrogens (tertiary/aromatic N) is 2. The molecule has 0 fully saturated rings. The highest BCUT2D eigenvalue weighted by atomic mass is 16.1. The van der Waals surface area contributed by atoms with E-state index in [9.17, 15) is 4.79 Å². The molecule has 1 aromatic rings. The molecule has 0 saturated carbocycles. The SMILES string of the molecule is CC(=O)c1ncncc1N. The van der Waals surface area contributed by atoms with E-state index < -0.39 is 0 Å². The van der Waals surface area contributed by atoms with Crippen LogP contribution in [0.1, 0.15) is 17.4 Å². The van der Waals surface area contributed by atoms with Gasteiger partial charge in [-0.25, -0.2) is 9.97 Å². The first-order valence-corrected chi connectivity index (χ1v) is 2.78. The summed E-state index contributed by atoms with van der Waals surface area (Å²) in [5, 5.41) is 0. The van der Waals surface area contributed by atoms with E-state index in [0.29, 0.717) is 5.69 Å². The van der Waals surface area contributed by atoms with Gasteiger partial charge in [-0.1, -0.05) is 0 Å². The summed E-state index contributed by atoms with van der Waals surface area (Å²) in [5.41, 5.74) is 5.99. The lowest BCUT2D eigenvalue weighted by Crippen LogP contribution is -2.02. The molecule has 0 radical (unpaired) electrons. The molecule has 0 atom stereocenters. The summed E-state index contributed by atoms with van der Waals surface area (Å²) in [7, 11) is 0. The molecule has 4 heteroatoms. The Morgan fingerprint density at radius 2 is 2.40 bits per heavy atom. The molecular formula is C6H7N3O. The Morgan fingerprint density at radius 3 is 2.80 bits per heavy atom. The van der Waals surface area contributed by atoms with Gasteiger partial charge in [-0.2, -0.15) is 0 Å². The smallest absolute Gasteiger partial charge is 0.180 e. The summed E-state index contributed by atoms with van der Waals surface area (Å²) in [4.78, 5) is 18.0. The number of carbonyl (C=O) groups is 1. The lowest BCUT2D eigenvalue weighted by atomic mass is 10.3. The van der Waals surface area contributed by atoms with E-state index in [0.717, 1.165) is 0 Å². The Balaban J connectivity index is 3.15. The zero-order chi connectivity index (χ0) is 7.56. The minimum Gasteiger partial charge on any atom is -0.396 e. The van der Waals surface area contributed by atoms with E-state index in [-0.39, 0.29) is 11.5 Å². The fraction of sp³-hybridized carbons (Fsp3) is 0.167. The van der Waals surface area contributed by atoms with Crippen LogP contribution in [0.3, 0.4) is 0 Å². The van der Waals surface area contributed by atoms with Crippen molar-refractivity contribution in [1.82, 2.24) is 9.97 Å². The molecule has 1 aromatic heterocycles. The number of nitrogens with two attached hydrogens (primary N) is 1. The van der Waals surface area contributed by atoms with Crippen molar-refractivity contribution in [2.45, 2.75) is 6.92 Å². The molecule has 0 amide bonds. The third-order valence-electron chi connectivity index (χ3n) is 1.07. The first kappa shape index (κ1) is 6.67. The van der Waals surface area contributed by atoms with Crippen molar-refractivity contribution in [3.63, 3.8) is 0 Å². The first-order chi connectivity index (χ1) is 4.72. The fourth-order valence-corrected chi connectivity index (χ4v) is 0.635. The van der Waals surface area contributed by atoms with Gasteiger partial charge < -0.3 is 5.73 Å². The maximum absolute atomic E-state index is 10.7. The number of ketones is 1. The average Bonchev–Trinajstić information content (AvgIpc) is 1.88. The zero-order valence-electron chi connectivity index (χ0n) is 5.53. The molecule has 2 N–H and O–H groups in total. The third kappa shape index (κ3) is 1.10. The van der Waals surface area contributed by atoms with Gasteiger partial charge in [-0.3, -0.25) is 4.79 Å². The van der Waals surface area contributed by atoms with Crippen LogP contribution in [-0.4, -0.2) is 15.8 Å². The van der Waals surface area contributed by atoms with Crippen molar-refractivity contribution in [1.29, 1.82) is 0 Å². The van der Waals surface area contributed by atoms with Crippen molar-refractivity contribution in [2.24, 2.45) is 0 Å². The molecule has 4 nitrogen and oxygen atoms in total. The molecule has 0 aliphatic rings. The molecule has 52 valence electrons. The van der Waals surface area contributed by atoms with E-state index in [1.54, 1.807) is 0 Å². The summed E-state index contributed by atoms with van der Waals surface area (Å²) in [6.45, 7) is 1.42. The highest BCUT2D eigenvalue weighted by molar-refractivity contribution is 5.96. The molecule has 0 spiro atoms. The topological polar surface area (TPSA) is 68.9 Å². The molecule has 10 heavy (non-hydrogen) atoms. The summed E-state index contributed by atoms with van der Waals surface area (Å²) in [6.07, 6.45) is 2.71. The van der Waals surface area contributed by atoms with Crippen molar-refractivity contribution >= 4 is 11.5 Å². The zero-order valence-corrected chi connectivity index (χ0v) is 5.53. The molecule has 0 unspecified atom stereocenters. The summed E-state index contributed by atoms with van der Waals surface area (Å²) < 4.78 is 0. The van der Waals surface area contributed by atoms with E-state index in [4.69, 9.17) is 5.73 Å². The van der Waals surface area contributed by atoms with Crippen LogP contribution >= 0.6 is 0 Å². The maximum Gasteiger partial charge on any atom is 0.180 e. The first-order valence-electron chi connectivity index (χ1n) is 2.78. The second kappa shape index (κ2) is 2.43. The lowest BCUT2D eigenvalue weighted by Gasteiger charge is -1.95.